The van der Waals surface area contributed by atoms with Crippen LogP contribution in [0, 0.1) is 0 Å². The van der Waals surface area contributed by atoms with E-state index in [0.717, 1.165) is 0 Å². The van der Waals surface area contributed by atoms with Crippen LogP contribution in [0.3, 0.4) is 0 Å². The third-order valence-corrected chi connectivity index (χ3v) is 2310. The van der Waals surface area contributed by atoms with Crippen LogP contribution in [0.1, 0.15) is 0 Å². The van der Waals surface area contributed by atoms with Crippen molar-refractivity contribution in [3.05, 3.63) is 0 Å². The number of hydrogen-bond donors (Lipinski definition) is 0. The Morgan fingerprint density at radius 1 is 0.312 bits per heavy atom. The average Bonchev–Trinajstić information content (AvgIpc) is 2.81. The normalized spacial score (nSPS) is 19.0. The van der Waals surface area contributed by atoms with Crippen LogP contribution in [-0.2, 0) is 0 Å². The maximum atomic E-state index is 8.11. The van der Waals surface area contributed by atoms with Crippen molar-refractivity contribution < 1.29 is 18.4 Å². The van der Waals surface area contributed by atoms with Crippen molar-refractivity contribution >= 4 is 416 Å². The molecule has 0 nitrogen and oxygen atoms in total. The molecule has 0 aromatic carbocycles. The fourth-order valence-electron chi connectivity index (χ4n) is 0.401. The molecule has 0 atom stereocenters. The number of hydrogen-bond acceptors (Lipinski definition) is 0. The Bertz CT molecular complexity index is 513. The molecule has 0 saturated heterocycles. The quantitative estimate of drug-likeness (QED) is 0.143. The molecule has 32 heavy (non-hydrogen) atoms. The molecule has 0 aliphatic heterocycles. The van der Waals surface area contributed by atoms with Gasteiger partial charge in [-0.05, 0) is 0 Å². The molecule has 0 heterocycles. The molecular formula is HI32-. The second-order valence-electron chi connectivity index (χ2n) is 2.43. The van der Waals surface area contributed by atoms with Gasteiger partial charge in [0, 0.05) is 0 Å². The third kappa shape index (κ3) is 23.2. The first-order chi connectivity index (χ1) is 15.0. The van der Waals surface area contributed by atoms with Crippen LogP contribution in [0.5, 0.6) is 0 Å². The van der Waals surface area contributed by atoms with Gasteiger partial charge in [-0.15, -0.1) is 0 Å². The van der Waals surface area contributed by atoms with Crippen LogP contribution in [0.4, 0.5) is 0 Å². The molecular weight excluding hydrogens is 4060 g/mol. The second kappa shape index (κ2) is 33.1. The minimum atomic E-state index is -0.690. The van der Waals surface area contributed by atoms with Crippen molar-refractivity contribution in [1.29, 1.82) is 0.594 Å². The van der Waals surface area contributed by atoms with Crippen LogP contribution < -0.4 is 18.4 Å². The molecule has 0 saturated carbocycles. The van der Waals surface area contributed by atoms with E-state index in [1.165, 1.54) is 0 Å². The Kier molecular flexibility index (Phi) is 55.2. The predicted octanol–water partition coefficient (Wildman–Crippen LogP) is 24.2. The first kappa shape index (κ1) is 53.4. The molecule has 0 spiro atoms. The molecule has 0 radical (unpaired) electrons. The summed E-state index contributed by atoms with van der Waals surface area (Å²) in [6.45, 7) is 0. The van der Waals surface area contributed by atoms with Gasteiger partial charge >= 0.3 is 435 Å². The molecule has 32 heteroatoms. The molecule has 0 aliphatic carbocycles. The van der Waals surface area contributed by atoms with Crippen molar-refractivity contribution in [1.82, 2.24) is 0 Å². The predicted molar refractivity (Wildman–Crippen MR) is 436 cm³/mol. The maximum absolute atomic E-state index is 8.11. The fraction of sp³-hybridized carbons (Fsp3) is 0. The van der Waals surface area contributed by atoms with Crippen LogP contribution in [0.15, 0.2) is 0 Å². The standard InChI is InChI=1S/HI32/c1-18(2)20(5)22(7)24(9)26(11)28(13)30(15)32(17)31(16)29(14)27(12)25(10)23(8)21(6)19(3)4/h1H/q-1/i1D. The number of rotatable bonds is 15. The van der Waals surface area contributed by atoms with Crippen LogP contribution in [-0.4, -0.2) is 0.594 Å². The zero-order valence-corrected chi connectivity index (χ0v) is 81.1. The Morgan fingerprint density at radius 2 is 0.500 bits per heavy atom. The van der Waals surface area contributed by atoms with Gasteiger partial charge in [0.25, 0.3) is 0 Å². The Hall–Kier alpha value is 23.4. The van der Waals surface area contributed by atoms with E-state index in [4.69, 9.17) is 0.594 Å². The van der Waals surface area contributed by atoms with E-state index in [1.54, 1.807) is 0 Å². The van der Waals surface area contributed by atoms with Crippen molar-refractivity contribution in [2.75, 3.05) is 0 Å². The van der Waals surface area contributed by atoms with Gasteiger partial charge in [0.05, 0.1) is 0 Å². The van der Waals surface area contributed by atoms with E-state index in [-0.39, 0.29) is 18.4 Å². The summed E-state index contributed by atoms with van der Waals surface area (Å²) in [4.78, 5) is 0. The van der Waals surface area contributed by atoms with E-state index in [9.17, 15) is 0 Å². The molecule has 0 aromatic heterocycles. The monoisotopic (exact) mass is 4060 g/mol. The summed E-state index contributed by atoms with van der Waals surface area (Å²) in [5.41, 5.74) is 0. The van der Waals surface area contributed by atoms with Crippen LogP contribution >= 0.6 is 416 Å². The van der Waals surface area contributed by atoms with Gasteiger partial charge in [-0.3, -0.25) is 0 Å². The molecule has 0 aliphatic rings. The fourth-order valence-corrected chi connectivity index (χ4v) is 5450. The molecule has 0 bridgehead atoms. The second-order valence-corrected chi connectivity index (χ2v) is 733. The van der Waals surface area contributed by atoms with Crippen molar-refractivity contribution in [2.45, 2.75) is 0 Å². The molecule has 0 N–H and O–H groups in total. The summed E-state index contributed by atoms with van der Waals surface area (Å²) < 4.78 is 8.11. The van der Waals surface area contributed by atoms with Crippen molar-refractivity contribution in [2.24, 2.45) is 0 Å². The summed E-state index contributed by atoms with van der Waals surface area (Å²) in [5.74, 6) is 0. The zero-order valence-electron chi connectivity index (χ0n) is 13.1. The van der Waals surface area contributed by atoms with Crippen molar-refractivity contribution in [3.63, 3.8) is 0 Å². The summed E-state index contributed by atoms with van der Waals surface area (Å²) in [7, 11) is -7.93. The summed E-state index contributed by atoms with van der Waals surface area (Å²) in [6, 6.07) is 0. The van der Waals surface area contributed by atoms with Gasteiger partial charge in [0.2, 0.25) is 0 Å². The van der Waals surface area contributed by atoms with Crippen LogP contribution in [0.25, 0.3) is 0 Å². The summed E-state index contributed by atoms with van der Waals surface area (Å²) >= 11 is 50.4. The Labute approximate surface area is 410 Å². The van der Waals surface area contributed by atoms with E-state index in [1.807, 2.05) is 0 Å². The summed E-state index contributed by atoms with van der Waals surface area (Å²) in [5, 5.41) is 0. The topological polar surface area (TPSA) is 0 Å². The van der Waals surface area contributed by atoms with Crippen molar-refractivity contribution in [3.8, 4) is 0 Å². The SMILES string of the molecule is [2H][I-]I(I)I(I)I(I)I(I)I(I)I(I)I(I)I(I)I(I)I(I)I(I)I(I)I(I)I(I)I(I)I. The van der Waals surface area contributed by atoms with Gasteiger partial charge in [-0.2, -0.15) is 0 Å². The van der Waals surface area contributed by atoms with Gasteiger partial charge in [0.15, 0.2) is 0 Å². The van der Waals surface area contributed by atoms with Gasteiger partial charge in [-0.25, -0.2) is 0 Å². The molecule has 0 rings (SSSR count). The zero-order chi connectivity index (χ0) is 26.4. The molecule has 226 valence electrons. The van der Waals surface area contributed by atoms with Gasteiger partial charge in [0.1, 0.15) is 0 Å². The van der Waals surface area contributed by atoms with E-state index >= 15 is 0 Å². The molecule has 0 amide bonds. The molecule has 0 unspecified atom stereocenters. The van der Waals surface area contributed by atoms with E-state index in [0.29, 0.717) is 0 Å². The average molecular weight is 4060 g/mol. The minimum absolute atomic E-state index is 0.0803. The number of halogens is 32. The Morgan fingerprint density at radius 3 is 0.688 bits per heavy atom. The van der Waals surface area contributed by atoms with E-state index < -0.39 is 118 Å². The third-order valence-electron chi connectivity index (χ3n) is 1.14. The molecule has 0 fully saturated rings. The van der Waals surface area contributed by atoms with Crippen LogP contribution in [0.2, 0.25) is 0 Å². The first-order valence-electron chi connectivity index (χ1n) is 4.81. The molecule has 0 aromatic rings. The Balaban J connectivity index is 5.24. The van der Waals surface area contributed by atoms with E-state index in [2.05, 4.69) is 298 Å². The first-order valence-corrected chi connectivity index (χ1v) is 199. The van der Waals surface area contributed by atoms with Gasteiger partial charge in [-0.1, -0.05) is 0 Å². The summed E-state index contributed by atoms with van der Waals surface area (Å²) in [6.07, 6.45) is 0. The van der Waals surface area contributed by atoms with Gasteiger partial charge < -0.3 is 0 Å².